The molecule has 28 heavy (non-hydrogen) atoms. The smallest absolute Gasteiger partial charge is 0.270 e. The van der Waals surface area contributed by atoms with Crippen LogP contribution in [-0.2, 0) is 0 Å². The highest BCUT2D eigenvalue weighted by atomic mass is 32.1. The number of amides is 1. The van der Waals surface area contributed by atoms with Crippen molar-refractivity contribution in [2.45, 2.75) is 6.92 Å². The van der Waals surface area contributed by atoms with E-state index in [1.165, 1.54) is 47.7 Å². The summed E-state index contributed by atoms with van der Waals surface area (Å²) in [5.74, 6) is -0.612. The van der Waals surface area contributed by atoms with Crippen LogP contribution in [0.15, 0.2) is 53.1 Å². The Morgan fingerprint density at radius 1 is 1.00 bits per heavy atom. The van der Waals surface area contributed by atoms with Crippen molar-refractivity contribution < 1.29 is 18.1 Å². The normalized spacial score (nSPS) is 10.8. The van der Waals surface area contributed by atoms with Crippen molar-refractivity contribution >= 4 is 22.4 Å². The van der Waals surface area contributed by atoms with Crippen LogP contribution in [0.4, 0.5) is 13.9 Å². The number of carbonyl (C=O) groups excluding carboxylic acids is 1. The van der Waals surface area contributed by atoms with Crippen LogP contribution in [0.3, 0.4) is 0 Å². The molecule has 2 heterocycles. The van der Waals surface area contributed by atoms with Gasteiger partial charge in [0.05, 0.1) is 5.69 Å². The quantitative estimate of drug-likeness (QED) is 0.539. The van der Waals surface area contributed by atoms with E-state index in [2.05, 4.69) is 20.4 Å². The Morgan fingerprint density at radius 3 is 2.32 bits per heavy atom. The molecular formula is C19H12F2N4O2S. The number of hydrogen-bond acceptors (Lipinski definition) is 6. The lowest BCUT2D eigenvalue weighted by Crippen LogP contribution is -2.11. The number of nitrogens with one attached hydrogen (secondary N) is 1. The summed E-state index contributed by atoms with van der Waals surface area (Å²) in [6.45, 7) is 1.75. The van der Waals surface area contributed by atoms with Crippen molar-refractivity contribution in [1.29, 1.82) is 0 Å². The summed E-state index contributed by atoms with van der Waals surface area (Å²) in [4.78, 5) is 21.5. The third kappa shape index (κ3) is 3.65. The van der Waals surface area contributed by atoms with Crippen LogP contribution >= 0.6 is 11.3 Å². The molecule has 0 fully saturated rings. The minimum Gasteiger partial charge on any atom is -0.333 e. The van der Waals surface area contributed by atoms with Crippen molar-refractivity contribution in [3.63, 3.8) is 0 Å². The number of rotatable bonds is 4. The lowest BCUT2D eigenvalue weighted by atomic mass is 10.2. The molecular weight excluding hydrogens is 386 g/mol. The highest BCUT2D eigenvalue weighted by Gasteiger charge is 2.18. The maximum atomic E-state index is 13.1. The summed E-state index contributed by atoms with van der Waals surface area (Å²) in [6, 6.07) is 10.9. The molecule has 0 atom stereocenters. The molecule has 0 radical (unpaired) electrons. The van der Waals surface area contributed by atoms with Crippen LogP contribution in [0, 0.1) is 18.6 Å². The maximum Gasteiger partial charge on any atom is 0.270 e. The van der Waals surface area contributed by atoms with E-state index in [0.29, 0.717) is 32.7 Å². The monoisotopic (exact) mass is 398 g/mol. The van der Waals surface area contributed by atoms with Gasteiger partial charge in [-0.3, -0.25) is 10.1 Å². The van der Waals surface area contributed by atoms with Crippen LogP contribution < -0.4 is 5.32 Å². The highest BCUT2D eigenvalue weighted by Crippen LogP contribution is 2.33. The first-order valence-corrected chi connectivity index (χ1v) is 8.95. The Morgan fingerprint density at radius 2 is 1.64 bits per heavy atom. The molecule has 1 N–H and O–H groups in total. The molecule has 2 aromatic carbocycles. The third-order valence-corrected chi connectivity index (χ3v) is 4.91. The van der Waals surface area contributed by atoms with Gasteiger partial charge in [0, 0.05) is 11.1 Å². The molecule has 2 aromatic heterocycles. The number of carbonyl (C=O) groups is 1. The molecule has 9 heteroatoms. The lowest BCUT2D eigenvalue weighted by molar-refractivity contribution is 0.102. The van der Waals surface area contributed by atoms with E-state index in [4.69, 9.17) is 4.52 Å². The molecule has 140 valence electrons. The second kappa shape index (κ2) is 7.28. The van der Waals surface area contributed by atoms with Crippen LogP contribution in [0.25, 0.3) is 22.2 Å². The first-order chi connectivity index (χ1) is 13.5. The average molecular weight is 398 g/mol. The van der Waals surface area contributed by atoms with Gasteiger partial charge in [0.1, 0.15) is 16.5 Å². The topological polar surface area (TPSA) is 80.9 Å². The standard InChI is InChI=1S/C19H12F2N4O2S/c1-10-15(18-23-16(25-27-18)11-2-6-13(20)7-3-11)28-19(22-10)24-17(26)12-4-8-14(21)9-5-12/h2-9H,1H3,(H,22,24,26). The van der Waals surface area contributed by atoms with Crippen LogP contribution in [0.2, 0.25) is 0 Å². The van der Waals surface area contributed by atoms with E-state index in [-0.39, 0.29) is 11.7 Å². The summed E-state index contributed by atoms with van der Waals surface area (Å²) in [5, 5.41) is 6.93. The zero-order chi connectivity index (χ0) is 19.7. The zero-order valence-electron chi connectivity index (χ0n) is 14.4. The average Bonchev–Trinajstić information content (AvgIpc) is 3.29. The first-order valence-electron chi connectivity index (χ1n) is 8.14. The highest BCUT2D eigenvalue weighted by molar-refractivity contribution is 7.19. The van der Waals surface area contributed by atoms with Gasteiger partial charge in [-0.25, -0.2) is 13.8 Å². The van der Waals surface area contributed by atoms with Gasteiger partial charge in [0.25, 0.3) is 11.8 Å². The van der Waals surface area contributed by atoms with Crippen molar-refractivity contribution in [1.82, 2.24) is 15.1 Å². The van der Waals surface area contributed by atoms with Crippen LogP contribution in [0.1, 0.15) is 16.1 Å². The Kier molecular flexibility index (Phi) is 4.66. The second-order valence-corrected chi connectivity index (χ2v) is 6.82. The van der Waals surface area contributed by atoms with E-state index in [0.717, 1.165) is 0 Å². The summed E-state index contributed by atoms with van der Waals surface area (Å²) >= 11 is 1.18. The molecule has 1 amide bonds. The van der Waals surface area contributed by atoms with Crippen LogP contribution in [0.5, 0.6) is 0 Å². The molecule has 0 aliphatic rings. The molecule has 6 nitrogen and oxygen atoms in total. The molecule has 0 spiro atoms. The molecule has 0 bridgehead atoms. The summed E-state index contributed by atoms with van der Waals surface area (Å²) in [5.41, 5.74) is 1.53. The number of hydrogen-bond donors (Lipinski definition) is 1. The molecule has 0 aliphatic carbocycles. The molecule has 0 saturated heterocycles. The maximum absolute atomic E-state index is 13.1. The minimum atomic E-state index is -0.419. The summed E-state index contributed by atoms with van der Waals surface area (Å²) < 4.78 is 31.3. The number of thiazole rings is 1. The Bertz CT molecular complexity index is 1140. The summed E-state index contributed by atoms with van der Waals surface area (Å²) in [6.07, 6.45) is 0. The van der Waals surface area contributed by atoms with Gasteiger partial charge in [0.2, 0.25) is 5.82 Å². The van der Waals surface area contributed by atoms with E-state index in [1.807, 2.05) is 0 Å². The minimum absolute atomic E-state index is 0.247. The number of aromatic nitrogens is 3. The number of aryl methyl sites for hydroxylation is 1. The predicted molar refractivity (Wildman–Crippen MR) is 99.9 cm³/mol. The number of halogens is 2. The third-order valence-electron chi connectivity index (χ3n) is 3.85. The van der Waals surface area contributed by atoms with Gasteiger partial charge in [0.15, 0.2) is 5.13 Å². The second-order valence-electron chi connectivity index (χ2n) is 5.82. The Balaban J connectivity index is 1.55. The van der Waals surface area contributed by atoms with Gasteiger partial charge >= 0.3 is 0 Å². The molecule has 0 unspecified atom stereocenters. The van der Waals surface area contributed by atoms with Crippen LogP contribution in [-0.4, -0.2) is 21.0 Å². The number of nitrogens with zero attached hydrogens (tertiary/aromatic N) is 3. The van der Waals surface area contributed by atoms with E-state index in [1.54, 1.807) is 19.1 Å². The van der Waals surface area contributed by atoms with Crippen molar-refractivity contribution in [2.24, 2.45) is 0 Å². The van der Waals surface area contributed by atoms with E-state index < -0.39 is 11.7 Å². The largest absolute Gasteiger partial charge is 0.333 e. The van der Waals surface area contributed by atoms with Gasteiger partial charge in [-0.1, -0.05) is 16.5 Å². The molecule has 4 rings (SSSR count). The van der Waals surface area contributed by atoms with Gasteiger partial charge in [-0.05, 0) is 55.5 Å². The zero-order valence-corrected chi connectivity index (χ0v) is 15.3. The van der Waals surface area contributed by atoms with Gasteiger partial charge < -0.3 is 4.52 Å². The molecule has 0 aliphatic heterocycles. The fourth-order valence-corrected chi connectivity index (χ4v) is 3.33. The number of benzene rings is 2. The van der Waals surface area contributed by atoms with E-state index in [9.17, 15) is 13.6 Å². The first kappa shape index (κ1) is 17.9. The van der Waals surface area contributed by atoms with Gasteiger partial charge in [-0.15, -0.1) is 0 Å². The number of anilines is 1. The van der Waals surface area contributed by atoms with Crippen molar-refractivity contribution in [2.75, 3.05) is 5.32 Å². The van der Waals surface area contributed by atoms with Crippen molar-refractivity contribution in [3.05, 3.63) is 71.4 Å². The predicted octanol–water partition coefficient (Wildman–Crippen LogP) is 4.70. The molecule has 4 aromatic rings. The Labute approximate surface area is 161 Å². The molecule has 0 saturated carbocycles. The SMILES string of the molecule is Cc1nc(NC(=O)c2ccc(F)cc2)sc1-c1nc(-c2ccc(F)cc2)no1. The lowest BCUT2D eigenvalue weighted by Gasteiger charge is -2.00. The van der Waals surface area contributed by atoms with Crippen molar-refractivity contribution in [3.8, 4) is 22.2 Å². The van der Waals surface area contributed by atoms with Gasteiger partial charge in [-0.2, -0.15) is 4.98 Å². The van der Waals surface area contributed by atoms with E-state index >= 15 is 0 Å². The fourth-order valence-electron chi connectivity index (χ4n) is 2.45. The fraction of sp³-hybridized carbons (Fsp3) is 0.0526. The summed E-state index contributed by atoms with van der Waals surface area (Å²) in [7, 11) is 0. The Hall–Kier alpha value is -3.46.